The zero-order chi connectivity index (χ0) is 29.8. The lowest BCUT2D eigenvalue weighted by Gasteiger charge is -2.38. The third-order valence-corrected chi connectivity index (χ3v) is 8.50. The van der Waals surface area contributed by atoms with Crippen molar-refractivity contribution in [1.82, 2.24) is 9.88 Å². The first kappa shape index (κ1) is 28.9. The summed E-state index contributed by atoms with van der Waals surface area (Å²) in [5, 5.41) is 21.3. The Morgan fingerprint density at radius 3 is 2.63 bits per heavy atom. The number of hydrogen-bond donors (Lipinski definition) is 2. The number of aliphatic hydroxyl groups is 1. The molecule has 220 valence electrons. The Balaban J connectivity index is 1.16. The third-order valence-electron chi connectivity index (χ3n) is 8.25. The molecule has 7 nitrogen and oxygen atoms in total. The molecule has 2 aliphatic rings. The van der Waals surface area contributed by atoms with Crippen LogP contribution < -0.4 is 9.47 Å². The molecule has 0 bridgehead atoms. The number of benzene rings is 3. The number of allylic oxidation sites excluding steroid dienone is 1. The van der Waals surface area contributed by atoms with Gasteiger partial charge >= 0.3 is 5.97 Å². The Morgan fingerprint density at radius 1 is 1.05 bits per heavy atom. The van der Waals surface area contributed by atoms with E-state index in [2.05, 4.69) is 16.0 Å². The van der Waals surface area contributed by atoms with Crippen LogP contribution >= 0.6 is 11.6 Å². The molecule has 1 fully saturated rings. The molecule has 3 heterocycles. The first-order valence-electron chi connectivity index (χ1n) is 14.5. The molecule has 0 aliphatic carbocycles. The van der Waals surface area contributed by atoms with E-state index >= 15 is 0 Å². The number of pyridine rings is 1. The molecule has 0 unspecified atom stereocenters. The summed E-state index contributed by atoms with van der Waals surface area (Å²) in [6.07, 6.45) is 6.78. The van der Waals surface area contributed by atoms with Gasteiger partial charge in [-0.2, -0.15) is 0 Å². The van der Waals surface area contributed by atoms with Crippen molar-refractivity contribution in [3.05, 3.63) is 124 Å². The van der Waals surface area contributed by atoms with Crippen molar-refractivity contribution in [2.75, 3.05) is 19.6 Å². The minimum absolute atomic E-state index is 0.228. The van der Waals surface area contributed by atoms with Crippen LogP contribution in [0.4, 0.5) is 0 Å². The summed E-state index contributed by atoms with van der Waals surface area (Å²) < 4.78 is 12.5. The SMILES string of the molecule is O=C(O)c1cccc(COc2cccc3c2CC(=CCCN2CCC(O)(c4ccc(Cl)cc4)CC2)c2cccnc2O3)c1. The van der Waals surface area contributed by atoms with E-state index in [1.807, 2.05) is 60.7 Å². The smallest absolute Gasteiger partial charge is 0.335 e. The fourth-order valence-corrected chi connectivity index (χ4v) is 5.94. The van der Waals surface area contributed by atoms with Crippen molar-refractivity contribution in [2.24, 2.45) is 0 Å². The number of likely N-dealkylation sites (tertiary alicyclic amines) is 1. The van der Waals surface area contributed by atoms with Gasteiger partial charge in [0.05, 0.1) is 11.2 Å². The van der Waals surface area contributed by atoms with Gasteiger partial charge in [-0.15, -0.1) is 0 Å². The van der Waals surface area contributed by atoms with Crippen LogP contribution in [0.25, 0.3) is 5.57 Å². The van der Waals surface area contributed by atoms with Crippen LogP contribution in [0.3, 0.4) is 0 Å². The van der Waals surface area contributed by atoms with Gasteiger partial charge in [-0.25, -0.2) is 9.78 Å². The zero-order valence-electron chi connectivity index (χ0n) is 23.7. The number of nitrogens with zero attached hydrogens (tertiary/aromatic N) is 2. The highest BCUT2D eigenvalue weighted by Gasteiger charge is 2.33. The van der Waals surface area contributed by atoms with Gasteiger partial charge in [0.15, 0.2) is 0 Å². The number of ether oxygens (including phenoxy) is 2. The van der Waals surface area contributed by atoms with Gasteiger partial charge < -0.3 is 24.6 Å². The molecule has 3 aromatic carbocycles. The number of piperidine rings is 1. The van der Waals surface area contributed by atoms with Crippen LogP contribution in [0, 0.1) is 0 Å². The maximum Gasteiger partial charge on any atom is 0.335 e. The Labute approximate surface area is 256 Å². The van der Waals surface area contributed by atoms with E-state index in [1.54, 1.807) is 24.4 Å². The molecule has 1 aromatic heterocycles. The van der Waals surface area contributed by atoms with Gasteiger partial charge in [0.1, 0.15) is 18.1 Å². The molecule has 0 spiro atoms. The van der Waals surface area contributed by atoms with Crippen molar-refractivity contribution in [3.63, 3.8) is 0 Å². The molecule has 4 aromatic rings. The predicted molar refractivity (Wildman–Crippen MR) is 166 cm³/mol. The van der Waals surface area contributed by atoms with E-state index in [9.17, 15) is 15.0 Å². The van der Waals surface area contributed by atoms with E-state index in [1.165, 1.54) is 0 Å². The number of rotatable bonds is 8. The predicted octanol–water partition coefficient (Wildman–Crippen LogP) is 7.12. The number of hydrogen-bond acceptors (Lipinski definition) is 6. The maximum absolute atomic E-state index is 11.4. The van der Waals surface area contributed by atoms with Gasteiger partial charge in [0.2, 0.25) is 5.88 Å². The van der Waals surface area contributed by atoms with Crippen molar-refractivity contribution in [1.29, 1.82) is 0 Å². The quantitative estimate of drug-likeness (QED) is 0.224. The minimum Gasteiger partial charge on any atom is -0.488 e. The Morgan fingerprint density at radius 2 is 1.84 bits per heavy atom. The molecule has 0 saturated carbocycles. The topological polar surface area (TPSA) is 92.1 Å². The van der Waals surface area contributed by atoms with E-state index < -0.39 is 11.6 Å². The van der Waals surface area contributed by atoms with Crippen LogP contribution in [0.15, 0.2) is 91.1 Å². The summed E-state index contributed by atoms with van der Waals surface area (Å²) in [5.41, 5.74) is 4.09. The molecule has 6 rings (SSSR count). The monoisotopic (exact) mass is 596 g/mol. The number of fused-ring (bicyclic) bond motifs is 2. The van der Waals surface area contributed by atoms with Crippen LogP contribution in [-0.4, -0.2) is 45.7 Å². The van der Waals surface area contributed by atoms with Crippen molar-refractivity contribution >= 4 is 23.1 Å². The summed E-state index contributed by atoms with van der Waals surface area (Å²) >= 11 is 6.04. The summed E-state index contributed by atoms with van der Waals surface area (Å²) in [7, 11) is 0. The summed E-state index contributed by atoms with van der Waals surface area (Å²) in [4.78, 5) is 18.3. The number of carboxylic acids is 1. The molecular weight excluding hydrogens is 564 g/mol. The van der Waals surface area contributed by atoms with Crippen LogP contribution in [-0.2, 0) is 18.6 Å². The maximum atomic E-state index is 11.4. The largest absolute Gasteiger partial charge is 0.488 e. The van der Waals surface area contributed by atoms with Gasteiger partial charge in [-0.3, -0.25) is 0 Å². The summed E-state index contributed by atoms with van der Waals surface area (Å²) in [6, 6.07) is 24.0. The molecule has 0 atom stereocenters. The van der Waals surface area contributed by atoms with E-state index in [-0.39, 0.29) is 12.2 Å². The third kappa shape index (κ3) is 6.59. The zero-order valence-corrected chi connectivity index (χ0v) is 24.5. The average Bonchev–Trinajstić information content (AvgIpc) is 3.18. The second-order valence-electron chi connectivity index (χ2n) is 11.1. The van der Waals surface area contributed by atoms with Crippen LogP contribution in [0.5, 0.6) is 17.4 Å². The van der Waals surface area contributed by atoms with Crippen LogP contribution in [0.1, 0.15) is 51.9 Å². The molecule has 1 saturated heterocycles. The van der Waals surface area contributed by atoms with Crippen molar-refractivity contribution in [3.8, 4) is 17.4 Å². The number of carboxylic acid groups (broad SMARTS) is 1. The molecular formula is C35H33ClN2O5. The lowest BCUT2D eigenvalue weighted by molar-refractivity contribution is -0.0254. The van der Waals surface area contributed by atoms with Gasteiger partial charge in [0, 0.05) is 48.4 Å². The van der Waals surface area contributed by atoms with Gasteiger partial charge in [-0.05, 0) is 84.5 Å². The molecule has 0 radical (unpaired) electrons. The number of aromatic carboxylic acids is 1. The fraction of sp³-hybridized carbons (Fsp3) is 0.257. The number of carbonyl (C=O) groups is 1. The van der Waals surface area contributed by atoms with E-state index in [4.69, 9.17) is 21.1 Å². The number of halogens is 1. The van der Waals surface area contributed by atoms with Crippen LogP contribution in [0.2, 0.25) is 5.02 Å². The second-order valence-corrected chi connectivity index (χ2v) is 11.5. The van der Waals surface area contributed by atoms with Gasteiger partial charge in [-0.1, -0.05) is 48.0 Å². The van der Waals surface area contributed by atoms with Crippen molar-refractivity contribution in [2.45, 2.75) is 37.9 Å². The second kappa shape index (κ2) is 12.6. The fourth-order valence-electron chi connectivity index (χ4n) is 5.81. The molecule has 0 amide bonds. The molecule has 2 aliphatic heterocycles. The summed E-state index contributed by atoms with van der Waals surface area (Å²) in [5.74, 6) is 0.975. The first-order chi connectivity index (χ1) is 20.9. The summed E-state index contributed by atoms with van der Waals surface area (Å²) in [6.45, 7) is 2.74. The minimum atomic E-state index is -0.967. The van der Waals surface area contributed by atoms with Gasteiger partial charge in [0.25, 0.3) is 0 Å². The molecule has 2 N–H and O–H groups in total. The Hall–Kier alpha value is -4.17. The Kier molecular flexibility index (Phi) is 8.47. The highest BCUT2D eigenvalue weighted by atomic mass is 35.5. The van der Waals surface area contributed by atoms with E-state index in [0.717, 1.165) is 53.9 Å². The lowest BCUT2D eigenvalue weighted by atomic mass is 9.84. The Bertz CT molecular complexity index is 1640. The highest BCUT2D eigenvalue weighted by molar-refractivity contribution is 6.30. The normalized spacial score (nSPS) is 16.9. The first-order valence-corrected chi connectivity index (χ1v) is 14.9. The number of aromatic nitrogens is 1. The lowest BCUT2D eigenvalue weighted by Crippen LogP contribution is -2.42. The standard InChI is InChI=1S/C35H33ClN2O5/c36-28-13-11-27(12-14-28)35(41)15-19-38(20-16-35)18-4-7-25-22-30-31(42-23-24-5-1-6-26(21-24)34(39)40)9-2-10-32(30)43-33-29(25)8-3-17-37-33/h1-3,5-14,17,21,41H,4,15-16,18-20,22-23H2,(H,39,40). The van der Waals surface area contributed by atoms with Crippen molar-refractivity contribution < 1.29 is 24.5 Å². The average molecular weight is 597 g/mol. The van der Waals surface area contributed by atoms with E-state index in [0.29, 0.717) is 41.7 Å². The highest BCUT2D eigenvalue weighted by Crippen LogP contribution is 2.42. The molecule has 8 heteroatoms. The molecule has 43 heavy (non-hydrogen) atoms.